The Kier molecular flexibility index (Phi) is 11.8. The molecule has 122 valence electrons. The Labute approximate surface area is 151 Å². The van der Waals surface area contributed by atoms with Crippen LogP contribution in [-0.2, 0) is 9.53 Å². The Hall–Kier alpha value is 0.960. The third-order valence-corrected chi connectivity index (χ3v) is 9.05. The molecule has 2 unspecified atom stereocenters. The van der Waals surface area contributed by atoms with Crippen LogP contribution in [0.4, 0.5) is 0 Å². The van der Waals surface area contributed by atoms with E-state index in [4.69, 9.17) is 4.74 Å². The van der Waals surface area contributed by atoms with Gasteiger partial charge in [0.1, 0.15) is 6.61 Å². The van der Waals surface area contributed by atoms with Gasteiger partial charge in [-0.15, -0.1) is 0 Å². The van der Waals surface area contributed by atoms with E-state index >= 15 is 0 Å². The van der Waals surface area contributed by atoms with Crippen molar-refractivity contribution in [3.8, 4) is 0 Å². The van der Waals surface area contributed by atoms with Crippen LogP contribution in [0.5, 0.6) is 0 Å². The predicted octanol–water partition coefficient (Wildman–Crippen LogP) is 3.72. The van der Waals surface area contributed by atoms with Gasteiger partial charge in [0.15, 0.2) is 0 Å². The molecule has 0 aromatic carbocycles. The molecule has 0 amide bonds. The van der Waals surface area contributed by atoms with Gasteiger partial charge in [0.25, 0.3) is 0 Å². The molecule has 0 N–H and O–H groups in total. The Morgan fingerprint density at radius 1 is 1.29 bits per heavy atom. The summed E-state index contributed by atoms with van der Waals surface area (Å²) in [4.78, 5) is 11.2. The lowest BCUT2D eigenvalue weighted by Gasteiger charge is -2.27. The van der Waals surface area contributed by atoms with Crippen LogP contribution in [0.2, 0.25) is 0 Å². The molecule has 21 heavy (non-hydrogen) atoms. The molecule has 0 aromatic rings. The van der Waals surface area contributed by atoms with Crippen molar-refractivity contribution in [1.82, 2.24) is 0 Å². The minimum Gasteiger partial charge on any atom is -0.461 e. The molecule has 1 heterocycles. The molecule has 0 aromatic heterocycles. The highest BCUT2D eigenvalue weighted by Gasteiger charge is 2.21. The van der Waals surface area contributed by atoms with E-state index in [9.17, 15) is 4.79 Å². The van der Waals surface area contributed by atoms with Gasteiger partial charge in [-0.3, -0.25) is 0 Å². The molecule has 1 rings (SSSR count). The number of thiol groups is 1. The van der Waals surface area contributed by atoms with Crippen LogP contribution in [0, 0.1) is 0 Å². The zero-order valence-electron chi connectivity index (χ0n) is 12.4. The van der Waals surface area contributed by atoms with Gasteiger partial charge in [-0.2, -0.15) is 59.7 Å². The molecule has 0 spiro atoms. The highest BCUT2D eigenvalue weighted by molar-refractivity contribution is 8.08. The van der Waals surface area contributed by atoms with E-state index in [0.29, 0.717) is 12.2 Å². The van der Waals surface area contributed by atoms with E-state index in [2.05, 4.69) is 42.7 Å². The molecule has 1 aliphatic heterocycles. The van der Waals surface area contributed by atoms with E-state index in [0.717, 1.165) is 27.8 Å². The van der Waals surface area contributed by atoms with Crippen LogP contribution in [0.3, 0.4) is 0 Å². The predicted molar refractivity (Wildman–Crippen MR) is 107 cm³/mol. The quantitative estimate of drug-likeness (QED) is 0.267. The van der Waals surface area contributed by atoms with Gasteiger partial charge < -0.3 is 4.74 Å². The second kappa shape index (κ2) is 12.4. The molecule has 2 atom stereocenters. The molecule has 1 fully saturated rings. The van der Waals surface area contributed by atoms with E-state index in [1.807, 2.05) is 23.5 Å². The smallest absolute Gasteiger partial charge is 0.333 e. The average molecular weight is 385 g/mol. The highest BCUT2D eigenvalue weighted by Crippen LogP contribution is 2.32. The summed E-state index contributed by atoms with van der Waals surface area (Å²) in [6.45, 7) is 5.72. The first-order chi connectivity index (χ1) is 10.1. The van der Waals surface area contributed by atoms with Crippen LogP contribution in [-0.4, -0.2) is 63.3 Å². The second-order valence-electron chi connectivity index (χ2n) is 4.70. The molecule has 7 heteroatoms. The molecule has 0 bridgehead atoms. The van der Waals surface area contributed by atoms with Crippen molar-refractivity contribution in [1.29, 1.82) is 0 Å². The molecule has 0 aliphatic carbocycles. The SMILES string of the molecule is C=C(C)C(=O)OCCSCCSCC1CSCC(CS)S1. The van der Waals surface area contributed by atoms with Crippen molar-refractivity contribution >= 4 is 65.6 Å². The number of hydrogen-bond acceptors (Lipinski definition) is 7. The molecular weight excluding hydrogens is 360 g/mol. The van der Waals surface area contributed by atoms with Gasteiger partial charge in [0, 0.05) is 56.3 Å². The fraction of sp³-hybridized carbons (Fsp3) is 0.786. The Balaban J connectivity index is 1.90. The fourth-order valence-corrected chi connectivity index (χ4v) is 7.56. The van der Waals surface area contributed by atoms with Crippen molar-refractivity contribution in [3.63, 3.8) is 0 Å². The van der Waals surface area contributed by atoms with Gasteiger partial charge in [-0.05, 0) is 6.92 Å². The van der Waals surface area contributed by atoms with Crippen LogP contribution in [0.1, 0.15) is 6.92 Å². The molecule has 0 saturated carbocycles. The number of ether oxygens (including phenoxy) is 1. The van der Waals surface area contributed by atoms with Gasteiger partial charge in [0.2, 0.25) is 0 Å². The second-order valence-corrected chi connectivity index (χ2v) is 10.1. The Bertz CT molecular complexity index is 324. The van der Waals surface area contributed by atoms with E-state index < -0.39 is 0 Å². The summed E-state index contributed by atoms with van der Waals surface area (Å²) in [5, 5.41) is 1.52. The number of esters is 1. The van der Waals surface area contributed by atoms with Crippen molar-refractivity contribution in [3.05, 3.63) is 12.2 Å². The van der Waals surface area contributed by atoms with Crippen molar-refractivity contribution in [2.24, 2.45) is 0 Å². The van der Waals surface area contributed by atoms with Crippen LogP contribution < -0.4 is 0 Å². The summed E-state index contributed by atoms with van der Waals surface area (Å²) in [7, 11) is 0. The third kappa shape index (κ3) is 9.64. The summed E-state index contributed by atoms with van der Waals surface area (Å²) in [5.41, 5.74) is 0.470. The fourth-order valence-electron chi connectivity index (χ4n) is 1.62. The lowest BCUT2D eigenvalue weighted by Crippen LogP contribution is -2.25. The van der Waals surface area contributed by atoms with E-state index in [1.54, 1.807) is 6.92 Å². The average Bonchev–Trinajstić information content (AvgIpc) is 2.49. The number of carbonyl (C=O) groups is 1. The Morgan fingerprint density at radius 2 is 2.00 bits per heavy atom. The monoisotopic (exact) mass is 384 g/mol. The first-order valence-corrected chi connectivity index (χ1v) is 12.0. The number of hydrogen-bond donors (Lipinski definition) is 1. The van der Waals surface area contributed by atoms with Crippen LogP contribution >= 0.6 is 59.7 Å². The lowest BCUT2D eigenvalue weighted by atomic mass is 10.4. The summed E-state index contributed by atoms with van der Waals surface area (Å²) < 4.78 is 5.05. The highest BCUT2D eigenvalue weighted by atomic mass is 32.2. The van der Waals surface area contributed by atoms with Crippen LogP contribution in [0.25, 0.3) is 0 Å². The van der Waals surface area contributed by atoms with E-state index in [1.165, 1.54) is 23.0 Å². The van der Waals surface area contributed by atoms with Gasteiger partial charge >= 0.3 is 5.97 Å². The minimum atomic E-state index is -0.282. The van der Waals surface area contributed by atoms with Gasteiger partial charge in [0.05, 0.1) is 0 Å². The summed E-state index contributed by atoms with van der Waals surface area (Å²) in [5.74, 6) is 7.66. The zero-order chi connectivity index (χ0) is 15.5. The van der Waals surface area contributed by atoms with Gasteiger partial charge in [-0.25, -0.2) is 4.79 Å². The molecule has 1 saturated heterocycles. The number of rotatable bonds is 10. The summed E-state index contributed by atoms with van der Waals surface area (Å²) in [6, 6.07) is 0. The summed E-state index contributed by atoms with van der Waals surface area (Å²) >= 11 is 12.5. The molecular formula is C14H24O2S5. The topological polar surface area (TPSA) is 26.3 Å². The summed E-state index contributed by atoms with van der Waals surface area (Å²) in [6.07, 6.45) is 0. The maximum absolute atomic E-state index is 11.2. The number of thioether (sulfide) groups is 4. The minimum absolute atomic E-state index is 0.282. The largest absolute Gasteiger partial charge is 0.461 e. The lowest BCUT2D eigenvalue weighted by molar-refractivity contribution is -0.138. The molecule has 2 nitrogen and oxygen atoms in total. The normalized spacial score (nSPS) is 22.0. The Morgan fingerprint density at radius 3 is 2.71 bits per heavy atom. The van der Waals surface area contributed by atoms with Gasteiger partial charge in [-0.1, -0.05) is 6.58 Å². The van der Waals surface area contributed by atoms with Crippen LogP contribution in [0.15, 0.2) is 12.2 Å². The maximum Gasteiger partial charge on any atom is 0.333 e. The number of carbonyl (C=O) groups excluding carboxylic acids is 1. The van der Waals surface area contributed by atoms with Crippen molar-refractivity contribution in [2.75, 3.05) is 46.9 Å². The molecule has 1 aliphatic rings. The van der Waals surface area contributed by atoms with E-state index in [-0.39, 0.29) is 5.97 Å². The first-order valence-electron chi connectivity index (χ1n) is 6.95. The third-order valence-electron chi connectivity index (χ3n) is 2.68. The maximum atomic E-state index is 11.2. The molecule has 0 radical (unpaired) electrons. The van der Waals surface area contributed by atoms with Crippen molar-refractivity contribution in [2.45, 2.75) is 17.4 Å². The zero-order valence-corrected chi connectivity index (χ0v) is 16.6. The first kappa shape index (κ1) is 20.0. The standard InChI is InChI=1S/C14H24O2S5/c1-11(2)14(15)16-3-4-18-5-6-19-9-13-10-20-8-12(7-17)21-13/h12-13,17H,1,3-10H2,2H3. The van der Waals surface area contributed by atoms with Crippen molar-refractivity contribution < 1.29 is 9.53 Å².